The zero-order valence-electron chi connectivity index (χ0n) is 48.9. The highest BCUT2D eigenvalue weighted by Gasteiger charge is 2.20. The van der Waals surface area contributed by atoms with Gasteiger partial charge in [-0.15, -0.1) is 0 Å². The van der Waals surface area contributed by atoms with Gasteiger partial charge in [-0.05, 0) is 51.4 Å². The fraction of sp³-hybridized carbons (Fsp3) is 0.939. The van der Waals surface area contributed by atoms with E-state index >= 15 is 0 Å². The van der Waals surface area contributed by atoms with E-state index in [2.05, 4.69) is 31.3 Å². The minimum absolute atomic E-state index is 0.0138. The molecule has 3 N–H and O–H groups in total. The number of hydrogen-bond acceptors (Lipinski definition) is 5. The van der Waals surface area contributed by atoms with E-state index in [-0.39, 0.29) is 18.5 Å². The molecule has 0 radical (unpaired) electrons. The Bertz CT molecular complexity index is 1080. The average Bonchev–Trinajstić information content (AvgIpc) is 3.38. The van der Waals surface area contributed by atoms with Gasteiger partial charge in [0.05, 0.1) is 25.4 Å². The molecule has 0 spiro atoms. The Morgan fingerprint density at radius 1 is 0.375 bits per heavy atom. The first-order valence-corrected chi connectivity index (χ1v) is 32.9. The van der Waals surface area contributed by atoms with Gasteiger partial charge in [-0.3, -0.25) is 9.59 Å². The van der Waals surface area contributed by atoms with Gasteiger partial charge in [0, 0.05) is 12.8 Å². The third-order valence-electron chi connectivity index (χ3n) is 15.6. The Morgan fingerprint density at radius 3 is 0.986 bits per heavy atom. The number of rotatable bonds is 62. The smallest absolute Gasteiger partial charge is 0.305 e. The fourth-order valence-electron chi connectivity index (χ4n) is 10.5. The van der Waals surface area contributed by atoms with Crippen molar-refractivity contribution in [2.24, 2.45) is 0 Å². The van der Waals surface area contributed by atoms with Crippen LogP contribution in [0.1, 0.15) is 373 Å². The molecule has 0 aromatic carbocycles. The first-order chi connectivity index (χ1) is 35.5. The number of hydrogen-bond donors (Lipinski definition) is 3. The van der Waals surface area contributed by atoms with E-state index in [1.54, 1.807) is 0 Å². The number of amides is 1. The molecule has 6 nitrogen and oxygen atoms in total. The first-order valence-electron chi connectivity index (χ1n) is 32.9. The van der Waals surface area contributed by atoms with Crippen molar-refractivity contribution in [3.05, 3.63) is 12.2 Å². The van der Waals surface area contributed by atoms with E-state index in [9.17, 15) is 19.8 Å². The monoisotopic (exact) mass is 1020 g/mol. The van der Waals surface area contributed by atoms with Crippen LogP contribution in [0.15, 0.2) is 12.2 Å². The summed E-state index contributed by atoms with van der Waals surface area (Å²) >= 11 is 0. The number of nitrogens with one attached hydrogen (secondary N) is 1. The molecule has 0 fully saturated rings. The molecule has 0 aromatic heterocycles. The van der Waals surface area contributed by atoms with Gasteiger partial charge in [0.25, 0.3) is 0 Å². The SMILES string of the molecule is CCCCCCCC/C=C\CCCCCCCCCCCC(=O)OCCCCCCCCCCCCCCCCCCCCCCCCC(=O)NC(CO)C(O)CCCCCCCCCCCCCCCC. The number of carbonyl (C=O) groups excluding carboxylic acids is 2. The molecule has 0 saturated carbocycles. The van der Waals surface area contributed by atoms with Crippen molar-refractivity contribution in [2.45, 2.75) is 386 Å². The molecule has 0 aliphatic heterocycles. The second-order valence-corrected chi connectivity index (χ2v) is 22.8. The molecule has 0 aliphatic rings. The van der Waals surface area contributed by atoms with Crippen LogP contribution < -0.4 is 5.32 Å². The van der Waals surface area contributed by atoms with Crippen molar-refractivity contribution < 1.29 is 24.5 Å². The van der Waals surface area contributed by atoms with Crippen LogP contribution in [0.25, 0.3) is 0 Å². The number of aliphatic hydroxyl groups is 2. The van der Waals surface area contributed by atoms with Gasteiger partial charge in [0.15, 0.2) is 0 Å². The molecule has 2 unspecified atom stereocenters. The number of carbonyl (C=O) groups is 2. The van der Waals surface area contributed by atoms with Crippen molar-refractivity contribution in [1.82, 2.24) is 5.32 Å². The van der Waals surface area contributed by atoms with Crippen LogP contribution >= 0.6 is 0 Å². The maximum Gasteiger partial charge on any atom is 0.305 e. The average molecular weight is 1020 g/mol. The van der Waals surface area contributed by atoms with Crippen LogP contribution in [0.5, 0.6) is 0 Å². The van der Waals surface area contributed by atoms with Crippen LogP contribution in [0.4, 0.5) is 0 Å². The lowest BCUT2D eigenvalue weighted by Gasteiger charge is -2.22. The molecular weight excluding hydrogens is 887 g/mol. The Hall–Kier alpha value is -1.40. The molecular formula is C66H129NO5. The number of esters is 1. The minimum atomic E-state index is -0.663. The van der Waals surface area contributed by atoms with Gasteiger partial charge in [-0.1, -0.05) is 321 Å². The molecule has 0 aliphatic carbocycles. The summed E-state index contributed by atoms with van der Waals surface area (Å²) in [6, 6.07) is -0.540. The predicted molar refractivity (Wildman–Crippen MR) is 315 cm³/mol. The summed E-state index contributed by atoms with van der Waals surface area (Å²) in [6.45, 7) is 4.98. The number of allylic oxidation sites excluding steroid dienone is 2. The van der Waals surface area contributed by atoms with Crippen LogP contribution in [0.3, 0.4) is 0 Å². The fourth-order valence-corrected chi connectivity index (χ4v) is 10.5. The molecule has 72 heavy (non-hydrogen) atoms. The maximum atomic E-state index is 12.5. The molecule has 428 valence electrons. The largest absolute Gasteiger partial charge is 0.466 e. The van der Waals surface area contributed by atoms with Crippen molar-refractivity contribution in [3.63, 3.8) is 0 Å². The van der Waals surface area contributed by atoms with E-state index in [4.69, 9.17) is 4.74 Å². The summed E-state index contributed by atoms with van der Waals surface area (Å²) in [6.07, 6.45) is 75.2. The topological polar surface area (TPSA) is 95.9 Å². The lowest BCUT2D eigenvalue weighted by atomic mass is 10.0. The van der Waals surface area contributed by atoms with Gasteiger partial charge >= 0.3 is 5.97 Å². The molecule has 1 amide bonds. The van der Waals surface area contributed by atoms with Crippen molar-refractivity contribution in [2.75, 3.05) is 13.2 Å². The van der Waals surface area contributed by atoms with E-state index < -0.39 is 12.1 Å². The highest BCUT2D eigenvalue weighted by atomic mass is 16.5. The van der Waals surface area contributed by atoms with E-state index in [1.165, 1.54) is 295 Å². The summed E-state index contributed by atoms with van der Waals surface area (Å²) in [5.74, 6) is -0.0189. The van der Waals surface area contributed by atoms with E-state index in [1.807, 2.05) is 0 Å². The molecule has 0 bridgehead atoms. The van der Waals surface area contributed by atoms with Crippen molar-refractivity contribution >= 4 is 11.9 Å². The highest BCUT2D eigenvalue weighted by Crippen LogP contribution is 2.19. The molecule has 0 saturated heterocycles. The summed E-state index contributed by atoms with van der Waals surface area (Å²) in [4.78, 5) is 24.6. The lowest BCUT2D eigenvalue weighted by molar-refractivity contribution is -0.143. The molecule has 2 atom stereocenters. The molecule has 0 rings (SSSR count). The van der Waals surface area contributed by atoms with Crippen molar-refractivity contribution in [3.8, 4) is 0 Å². The second-order valence-electron chi connectivity index (χ2n) is 22.8. The molecule has 0 aromatic rings. The third kappa shape index (κ3) is 57.9. The normalized spacial score (nSPS) is 12.6. The zero-order valence-corrected chi connectivity index (χ0v) is 48.9. The van der Waals surface area contributed by atoms with Crippen molar-refractivity contribution in [1.29, 1.82) is 0 Å². The summed E-state index contributed by atoms with van der Waals surface area (Å²) in [5.41, 5.74) is 0. The Kier molecular flexibility index (Phi) is 60.9. The second kappa shape index (κ2) is 62.1. The minimum Gasteiger partial charge on any atom is -0.466 e. The zero-order chi connectivity index (χ0) is 52.2. The highest BCUT2D eigenvalue weighted by molar-refractivity contribution is 5.76. The third-order valence-corrected chi connectivity index (χ3v) is 15.6. The first kappa shape index (κ1) is 70.6. The number of aliphatic hydroxyl groups excluding tert-OH is 2. The van der Waals surface area contributed by atoms with Gasteiger partial charge in [0.2, 0.25) is 5.91 Å². The lowest BCUT2D eigenvalue weighted by Crippen LogP contribution is -2.45. The summed E-state index contributed by atoms with van der Waals surface area (Å²) in [5, 5.41) is 23.3. The summed E-state index contributed by atoms with van der Waals surface area (Å²) in [7, 11) is 0. The van der Waals surface area contributed by atoms with Crippen LogP contribution in [-0.2, 0) is 14.3 Å². The predicted octanol–water partition coefficient (Wildman–Crippen LogP) is 20.8. The standard InChI is InChI=1S/C66H129NO5/c1-3-5-7-9-11-13-15-17-19-20-25-29-32-36-40-44-48-52-56-60-66(71)72-61-57-53-49-45-41-37-33-30-27-24-22-21-23-26-28-31-35-39-43-47-51-55-59-65(70)67-63(62-68)64(69)58-54-50-46-42-38-34-18-16-14-12-10-8-6-4-2/h17,19,63-64,68-69H,3-16,18,20-62H2,1-2H3,(H,67,70)/b19-17-. The van der Waals surface area contributed by atoms with Gasteiger partial charge < -0.3 is 20.3 Å². The van der Waals surface area contributed by atoms with Crippen LogP contribution in [0.2, 0.25) is 0 Å². The molecule has 6 heteroatoms. The van der Waals surface area contributed by atoms with Gasteiger partial charge in [0.1, 0.15) is 0 Å². The van der Waals surface area contributed by atoms with Crippen LogP contribution in [0, 0.1) is 0 Å². The maximum absolute atomic E-state index is 12.5. The molecule has 0 heterocycles. The Morgan fingerprint density at radius 2 is 0.653 bits per heavy atom. The quantitative estimate of drug-likeness (QED) is 0.0320. The Labute approximate surface area is 450 Å². The van der Waals surface area contributed by atoms with Crippen LogP contribution in [-0.4, -0.2) is 47.4 Å². The van der Waals surface area contributed by atoms with E-state index in [0.717, 1.165) is 44.9 Å². The summed E-state index contributed by atoms with van der Waals surface area (Å²) < 4.78 is 5.50. The number of unbranched alkanes of at least 4 members (excludes halogenated alkanes) is 49. The number of ether oxygens (including phenoxy) is 1. The van der Waals surface area contributed by atoms with Gasteiger partial charge in [-0.2, -0.15) is 0 Å². The van der Waals surface area contributed by atoms with Gasteiger partial charge in [-0.25, -0.2) is 0 Å². The Balaban J connectivity index is 3.35. The van der Waals surface area contributed by atoms with E-state index in [0.29, 0.717) is 25.9 Å².